The first kappa shape index (κ1) is 28.1. The highest BCUT2D eigenvalue weighted by Crippen LogP contribution is 2.45. The number of hydrogen-bond donors (Lipinski definition) is 3. The van der Waals surface area contributed by atoms with Crippen LogP contribution >= 0.6 is 0 Å². The van der Waals surface area contributed by atoms with E-state index in [0.29, 0.717) is 37.4 Å². The summed E-state index contributed by atoms with van der Waals surface area (Å²) in [5.74, 6) is -3.44. The molecule has 1 aromatic carbocycles. The third-order valence-electron chi connectivity index (χ3n) is 9.43. The second kappa shape index (κ2) is 10.3. The number of benzene rings is 1. The number of phenols is 1. The first-order chi connectivity index (χ1) is 19.5. The number of alkyl halides is 2. The minimum Gasteiger partial charge on any atom is -0.506 e. The number of nitrogens with one attached hydrogen (secondary N) is 1. The predicted molar refractivity (Wildman–Crippen MR) is 151 cm³/mol. The van der Waals surface area contributed by atoms with Crippen molar-refractivity contribution in [3.05, 3.63) is 65.0 Å². The van der Waals surface area contributed by atoms with Crippen LogP contribution in [0.4, 0.5) is 8.78 Å². The predicted octanol–water partition coefficient (Wildman–Crippen LogP) is 3.92. The first-order valence-corrected chi connectivity index (χ1v) is 14.5. The lowest BCUT2D eigenvalue weighted by Gasteiger charge is -2.46. The highest BCUT2D eigenvalue weighted by atomic mass is 19.3. The molecule has 2 fully saturated rings. The van der Waals surface area contributed by atoms with E-state index in [1.165, 1.54) is 14.0 Å². The van der Waals surface area contributed by atoms with E-state index >= 15 is 0 Å². The quantitative estimate of drug-likeness (QED) is 0.457. The van der Waals surface area contributed by atoms with E-state index in [0.717, 1.165) is 47.4 Å². The van der Waals surface area contributed by atoms with E-state index < -0.39 is 30.0 Å². The van der Waals surface area contributed by atoms with Gasteiger partial charge in [-0.25, -0.2) is 4.68 Å². The van der Waals surface area contributed by atoms with Crippen molar-refractivity contribution >= 4 is 5.91 Å². The van der Waals surface area contributed by atoms with Crippen LogP contribution in [0.3, 0.4) is 0 Å². The molecule has 1 aromatic heterocycles. The van der Waals surface area contributed by atoms with E-state index in [-0.39, 0.29) is 29.8 Å². The molecule has 0 radical (unpaired) electrons. The van der Waals surface area contributed by atoms with Crippen molar-refractivity contribution in [3.8, 4) is 11.4 Å². The zero-order chi connectivity index (χ0) is 29.2. The highest BCUT2D eigenvalue weighted by molar-refractivity contribution is 5.81. The van der Waals surface area contributed by atoms with Crippen LogP contribution in [-0.4, -0.2) is 70.0 Å². The molecule has 220 valence electrons. The lowest BCUT2D eigenvalue weighted by Crippen LogP contribution is -2.69. The van der Waals surface area contributed by atoms with Crippen molar-refractivity contribution in [1.29, 1.82) is 0 Å². The number of nitrogens with zero attached hydrogens (tertiary/aromatic N) is 3. The molecular formula is C31H39F2N5O3. The van der Waals surface area contributed by atoms with Crippen molar-refractivity contribution in [1.82, 2.24) is 20.0 Å². The molecule has 10 heteroatoms. The van der Waals surface area contributed by atoms with Gasteiger partial charge in [0, 0.05) is 38.2 Å². The van der Waals surface area contributed by atoms with Gasteiger partial charge in [-0.3, -0.25) is 4.79 Å². The standard InChI is InChI=1S/C31H39F2N5O3/c1-16(2)31(32,33)29-28(41-4)27(34)20(15-35-29)30(40)37-12-11-23-26-21(9-5-17(3)13-24(26)37)36-38(23)22-10-8-19(14-25(22)39)18-6-7-18/h8,10,14,18,20,24,27-29,35,39H,1,3,5-7,9,11-13,15,34H2,2,4H3. The van der Waals surface area contributed by atoms with Gasteiger partial charge in [0.2, 0.25) is 5.91 Å². The van der Waals surface area contributed by atoms with Crippen molar-refractivity contribution in [2.45, 2.75) is 81.5 Å². The molecular weight excluding hydrogens is 528 g/mol. The van der Waals surface area contributed by atoms with E-state index in [9.17, 15) is 18.7 Å². The number of nitrogens with two attached hydrogens (primary N) is 1. The number of aromatic hydroxyl groups is 1. The molecule has 6 rings (SSSR count). The lowest BCUT2D eigenvalue weighted by molar-refractivity contribution is -0.146. The number of halogens is 2. The summed E-state index contributed by atoms with van der Waals surface area (Å²) < 4.78 is 37.2. The first-order valence-electron chi connectivity index (χ1n) is 14.5. The normalized spacial score (nSPS) is 28.3. The third kappa shape index (κ3) is 4.70. The fourth-order valence-electron chi connectivity index (χ4n) is 6.92. The number of hydrogen-bond acceptors (Lipinski definition) is 6. The molecule has 1 amide bonds. The summed E-state index contributed by atoms with van der Waals surface area (Å²) in [5, 5.41) is 18.8. The van der Waals surface area contributed by atoms with Crippen LogP contribution in [0.5, 0.6) is 5.75 Å². The summed E-state index contributed by atoms with van der Waals surface area (Å²) >= 11 is 0. The number of aryl methyl sites for hydroxylation is 1. The molecule has 2 aliphatic carbocycles. The van der Waals surface area contributed by atoms with Crippen LogP contribution in [0.25, 0.3) is 5.69 Å². The molecule has 8 nitrogen and oxygen atoms in total. The van der Waals surface area contributed by atoms with Gasteiger partial charge in [0.15, 0.2) is 0 Å². The molecule has 5 unspecified atom stereocenters. The Morgan fingerprint density at radius 2 is 2.02 bits per heavy atom. The van der Waals surface area contributed by atoms with Crippen molar-refractivity contribution in [2.75, 3.05) is 20.2 Å². The summed E-state index contributed by atoms with van der Waals surface area (Å²) in [5.41, 5.74) is 11.9. The number of piperidine rings is 1. The Bertz CT molecular complexity index is 1400. The second-order valence-electron chi connectivity index (χ2n) is 12.2. The largest absolute Gasteiger partial charge is 0.506 e. The van der Waals surface area contributed by atoms with E-state index in [1.807, 2.05) is 21.7 Å². The van der Waals surface area contributed by atoms with E-state index in [1.54, 1.807) is 0 Å². The fourth-order valence-corrected chi connectivity index (χ4v) is 6.92. The Morgan fingerprint density at radius 1 is 1.27 bits per heavy atom. The summed E-state index contributed by atoms with van der Waals surface area (Å²) in [6.07, 6.45) is 3.80. The maximum absolute atomic E-state index is 15.0. The molecule has 3 heterocycles. The molecule has 4 N–H and O–H groups in total. The maximum Gasteiger partial charge on any atom is 0.286 e. The van der Waals surface area contributed by atoms with Gasteiger partial charge in [0.1, 0.15) is 17.5 Å². The average molecular weight is 568 g/mol. The fraction of sp³-hybridized carbons (Fsp3) is 0.548. The molecule has 0 bridgehead atoms. The molecule has 2 aromatic rings. The Labute approximate surface area is 239 Å². The SMILES string of the molecule is C=C1CCc2nn(-c3ccc(C4CC4)cc3O)c3c2C(C1)N(C(=O)C1CNC(C(F)(F)C(=C)C)C(OC)C1N)CC3. The topological polar surface area (TPSA) is 106 Å². The number of methoxy groups -OCH3 is 1. The van der Waals surface area contributed by atoms with Gasteiger partial charge in [0.25, 0.3) is 5.92 Å². The zero-order valence-electron chi connectivity index (χ0n) is 23.7. The lowest BCUT2D eigenvalue weighted by atomic mass is 9.81. The Balaban J connectivity index is 1.31. The molecule has 5 atom stereocenters. The summed E-state index contributed by atoms with van der Waals surface area (Å²) in [6, 6.07) is 3.26. The Kier molecular flexibility index (Phi) is 7.07. The summed E-state index contributed by atoms with van der Waals surface area (Å²) in [7, 11) is 1.34. The van der Waals surface area contributed by atoms with E-state index in [4.69, 9.17) is 15.6 Å². The number of carbonyl (C=O) groups excluding carboxylic acids is 1. The monoisotopic (exact) mass is 567 g/mol. The zero-order valence-corrected chi connectivity index (χ0v) is 23.7. The van der Waals surface area contributed by atoms with Crippen molar-refractivity contribution in [2.24, 2.45) is 11.7 Å². The van der Waals surface area contributed by atoms with Crippen LogP contribution in [0.1, 0.15) is 67.1 Å². The number of rotatable bonds is 6. The molecule has 4 aliphatic rings. The van der Waals surface area contributed by atoms with E-state index in [2.05, 4.69) is 24.5 Å². The highest BCUT2D eigenvalue weighted by Gasteiger charge is 2.53. The third-order valence-corrected chi connectivity index (χ3v) is 9.43. The van der Waals surface area contributed by atoms with Crippen LogP contribution in [-0.2, 0) is 22.4 Å². The van der Waals surface area contributed by atoms with Crippen LogP contribution in [0.15, 0.2) is 42.5 Å². The van der Waals surface area contributed by atoms with Gasteiger partial charge >= 0.3 is 0 Å². The number of carbonyl (C=O) groups is 1. The van der Waals surface area contributed by atoms with Crippen LogP contribution in [0, 0.1) is 5.92 Å². The number of aromatic nitrogens is 2. The molecule has 0 spiro atoms. The van der Waals surface area contributed by atoms with Crippen molar-refractivity contribution < 1.29 is 23.4 Å². The van der Waals surface area contributed by atoms with Gasteiger partial charge in [0.05, 0.1) is 29.5 Å². The maximum atomic E-state index is 15.0. The molecule has 1 saturated heterocycles. The minimum atomic E-state index is -3.24. The van der Waals surface area contributed by atoms with Crippen molar-refractivity contribution in [3.63, 3.8) is 0 Å². The van der Waals surface area contributed by atoms with Gasteiger partial charge < -0.3 is 25.8 Å². The number of amides is 1. The minimum absolute atomic E-state index is 0.0117. The smallest absolute Gasteiger partial charge is 0.286 e. The van der Waals surface area contributed by atoms with Gasteiger partial charge in [-0.05, 0) is 68.2 Å². The van der Waals surface area contributed by atoms with Gasteiger partial charge in [-0.2, -0.15) is 13.9 Å². The molecule has 41 heavy (non-hydrogen) atoms. The molecule has 1 saturated carbocycles. The van der Waals surface area contributed by atoms with Crippen LogP contribution < -0.4 is 11.1 Å². The van der Waals surface area contributed by atoms with Gasteiger partial charge in [-0.15, -0.1) is 0 Å². The number of phenolic OH excluding ortho intramolecular Hbond substituents is 1. The second-order valence-corrected chi connectivity index (χ2v) is 12.2. The average Bonchev–Trinajstić information content (AvgIpc) is 3.74. The summed E-state index contributed by atoms with van der Waals surface area (Å²) in [6.45, 7) is 9.41. The van der Waals surface area contributed by atoms with Crippen LogP contribution in [0.2, 0.25) is 0 Å². The number of ether oxygens (including phenoxy) is 1. The Morgan fingerprint density at radius 3 is 2.68 bits per heavy atom. The summed E-state index contributed by atoms with van der Waals surface area (Å²) in [4.78, 5) is 16.0. The van der Waals surface area contributed by atoms with Gasteiger partial charge in [-0.1, -0.05) is 24.8 Å². The molecule has 2 aliphatic heterocycles. The Hall–Kier alpha value is -3.08.